The average Bonchev–Trinajstić information content (AvgIpc) is 2.45. The quantitative estimate of drug-likeness (QED) is 0.839. The lowest BCUT2D eigenvalue weighted by molar-refractivity contribution is 0.0251. The molecule has 0 saturated carbocycles. The molecule has 0 aliphatic rings. The Morgan fingerprint density at radius 1 is 1.36 bits per heavy atom. The van der Waals surface area contributed by atoms with Gasteiger partial charge in [0.25, 0.3) is 0 Å². The van der Waals surface area contributed by atoms with Crippen LogP contribution < -0.4 is 5.32 Å². The van der Waals surface area contributed by atoms with Gasteiger partial charge >= 0.3 is 6.09 Å². The molecule has 1 atom stereocenters. The van der Waals surface area contributed by atoms with Crippen LogP contribution in [-0.4, -0.2) is 46.2 Å². The van der Waals surface area contributed by atoms with Crippen molar-refractivity contribution in [2.45, 2.75) is 52.7 Å². The van der Waals surface area contributed by atoms with Gasteiger partial charge in [0, 0.05) is 44.3 Å². The first kappa shape index (κ1) is 18.4. The second kappa shape index (κ2) is 8.68. The first-order chi connectivity index (χ1) is 10.3. The fraction of sp³-hybridized carbons (Fsp3) is 0.688. The van der Waals surface area contributed by atoms with Crippen LogP contribution in [0.1, 0.15) is 52.8 Å². The van der Waals surface area contributed by atoms with Crippen molar-refractivity contribution in [3.05, 3.63) is 24.3 Å². The van der Waals surface area contributed by atoms with Crippen LogP contribution in [0.4, 0.5) is 4.79 Å². The van der Waals surface area contributed by atoms with Crippen molar-refractivity contribution in [2.75, 3.05) is 19.6 Å². The topological polar surface area (TPSA) is 67.3 Å². The summed E-state index contributed by atoms with van der Waals surface area (Å²) >= 11 is 0. The zero-order valence-electron chi connectivity index (χ0n) is 14.3. The molecule has 1 heterocycles. The number of nitrogens with zero attached hydrogens (tertiary/aromatic N) is 3. The van der Waals surface area contributed by atoms with Crippen molar-refractivity contribution >= 4 is 6.09 Å². The molecule has 0 aliphatic heterocycles. The summed E-state index contributed by atoms with van der Waals surface area (Å²) in [5.41, 5.74) is 0.422. The Hall–Kier alpha value is -1.69. The van der Waals surface area contributed by atoms with Gasteiger partial charge in [0.1, 0.15) is 5.60 Å². The molecule has 0 bridgehead atoms. The predicted octanol–water partition coefficient (Wildman–Crippen LogP) is 2.77. The van der Waals surface area contributed by atoms with Crippen molar-refractivity contribution in [3.63, 3.8) is 0 Å². The Labute approximate surface area is 133 Å². The highest BCUT2D eigenvalue weighted by Crippen LogP contribution is 2.10. The third-order valence-electron chi connectivity index (χ3n) is 3.00. The summed E-state index contributed by atoms with van der Waals surface area (Å²) in [5.74, 6) is 0. The summed E-state index contributed by atoms with van der Waals surface area (Å²) in [7, 11) is 0. The van der Waals surface area contributed by atoms with Gasteiger partial charge < -0.3 is 15.0 Å². The van der Waals surface area contributed by atoms with E-state index in [1.165, 1.54) is 0 Å². The molecule has 6 heteroatoms. The summed E-state index contributed by atoms with van der Waals surface area (Å²) in [6.45, 7) is 11.7. The van der Waals surface area contributed by atoms with Gasteiger partial charge in [-0.25, -0.2) is 4.79 Å². The minimum atomic E-state index is -0.469. The molecule has 1 N–H and O–H groups in total. The summed E-state index contributed by atoms with van der Waals surface area (Å²) in [6.07, 6.45) is 5.72. The number of carbonyl (C=O) groups is 1. The fourth-order valence-corrected chi connectivity index (χ4v) is 1.95. The Bertz CT molecular complexity index is 445. The highest BCUT2D eigenvalue weighted by atomic mass is 16.6. The smallest absolute Gasteiger partial charge is 0.410 e. The zero-order chi connectivity index (χ0) is 16.6. The maximum atomic E-state index is 12.1. The van der Waals surface area contributed by atoms with E-state index in [1.807, 2.05) is 34.6 Å². The minimum Gasteiger partial charge on any atom is -0.444 e. The van der Waals surface area contributed by atoms with E-state index < -0.39 is 5.60 Å². The van der Waals surface area contributed by atoms with Gasteiger partial charge in [-0.15, -0.1) is 0 Å². The molecule has 1 amide bonds. The number of rotatable bonds is 7. The molecule has 1 rings (SSSR count). The van der Waals surface area contributed by atoms with E-state index in [0.717, 1.165) is 12.1 Å². The molecule has 0 saturated heterocycles. The molecule has 0 fully saturated rings. The summed E-state index contributed by atoms with van der Waals surface area (Å²) in [6, 6.07) is 0.0933. The molecule has 124 valence electrons. The van der Waals surface area contributed by atoms with Gasteiger partial charge in [-0.2, -0.15) is 0 Å². The third-order valence-corrected chi connectivity index (χ3v) is 3.00. The Morgan fingerprint density at radius 3 is 2.64 bits per heavy atom. The Balaban J connectivity index is 2.46. The maximum absolute atomic E-state index is 12.1. The Morgan fingerprint density at radius 2 is 2.09 bits per heavy atom. The second-order valence-corrected chi connectivity index (χ2v) is 6.27. The zero-order valence-corrected chi connectivity index (χ0v) is 14.3. The van der Waals surface area contributed by atoms with Gasteiger partial charge in [0.15, 0.2) is 0 Å². The number of nitrogens with one attached hydrogen (secondary N) is 1. The van der Waals surface area contributed by atoms with Crippen molar-refractivity contribution < 1.29 is 9.53 Å². The average molecular weight is 308 g/mol. The van der Waals surface area contributed by atoms with Crippen molar-refractivity contribution in [1.82, 2.24) is 20.2 Å². The van der Waals surface area contributed by atoms with Crippen LogP contribution in [0, 0.1) is 0 Å². The molecule has 1 unspecified atom stereocenters. The molecule has 0 aromatic carbocycles. The predicted molar refractivity (Wildman–Crippen MR) is 86.5 cm³/mol. The number of amides is 1. The van der Waals surface area contributed by atoms with E-state index in [1.54, 1.807) is 23.5 Å². The van der Waals surface area contributed by atoms with Gasteiger partial charge in [0.05, 0.1) is 5.69 Å². The number of hydrogen-bond donors (Lipinski definition) is 1. The molecule has 1 aromatic heterocycles. The van der Waals surface area contributed by atoms with Crippen molar-refractivity contribution in [2.24, 2.45) is 0 Å². The number of hydrogen-bond acceptors (Lipinski definition) is 5. The van der Waals surface area contributed by atoms with Gasteiger partial charge in [-0.1, -0.05) is 6.92 Å². The number of aromatic nitrogens is 2. The molecule has 0 aliphatic carbocycles. The lowest BCUT2D eigenvalue weighted by Crippen LogP contribution is -2.41. The first-order valence-corrected chi connectivity index (χ1v) is 7.80. The fourth-order valence-electron chi connectivity index (χ4n) is 1.95. The monoisotopic (exact) mass is 308 g/mol. The van der Waals surface area contributed by atoms with E-state index in [9.17, 15) is 4.79 Å². The van der Waals surface area contributed by atoms with Crippen LogP contribution in [0.2, 0.25) is 0 Å². The molecular formula is C16H28N4O2. The van der Waals surface area contributed by atoms with Crippen LogP contribution in [0.15, 0.2) is 18.6 Å². The van der Waals surface area contributed by atoms with E-state index in [0.29, 0.717) is 19.6 Å². The summed E-state index contributed by atoms with van der Waals surface area (Å²) < 4.78 is 5.43. The van der Waals surface area contributed by atoms with Gasteiger partial charge in [-0.05, 0) is 34.1 Å². The number of carbonyl (C=O) groups excluding carboxylic acids is 1. The van der Waals surface area contributed by atoms with Crippen LogP contribution in [0.25, 0.3) is 0 Å². The molecule has 22 heavy (non-hydrogen) atoms. The van der Waals surface area contributed by atoms with Gasteiger partial charge in [-0.3, -0.25) is 9.97 Å². The normalized spacial score (nSPS) is 12.8. The largest absolute Gasteiger partial charge is 0.444 e. The van der Waals surface area contributed by atoms with Crippen LogP contribution >= 0.6 is 0 Å². The van der Waals surface area contributed by atoms with E-state index >= 15 is 0 Å². The van der Waals surface area contributed by atoms with Crippen molar-refractivity contribution in [1.29, 1.82) is 0 Å². The highest BCUT2D eigenvalue weighted by molar-refractivity contribution is 5.68. The summed E-state index contributed by atoms with van der Waals surface area (Å²) in [5, 5.41) is 3.35. The van der Waals surface area contributed by atoms with Crippen LogP contribution in [0.5, 0.6) is 0 Å². The Kier molecular flexibility index (Phi) is 7.24. The van der Waals surface area contributed by atoms with Gasteiger partial charge in [0.2, 0.25) is 0 Å². The maximum Gasteiger partial charge on any atom is 0.410 e. The SMILES string of the molecule is CCCN(CCNC(C)c1cnccn1)C(=O)OC(C)(C)C. The highest BCUT2D eigenvalue weighted by Gasteiger charge is 2.21. The van der Waals surface area contributed by atoms with Crippen LogP contribution in [0.3, 0.4) is 0 Å². The molecular weight excluding hydrogens is 280 g/mol. The molecule has 1 aromatic rings. The minimum absolute atomic E-state index is 0.0933. The molecule has 0 radical (unpaired) electrons. The van der Waals surface area contributed by atoms with E-state index in [-0.39, 0.29) is 12.1 Å². The third kappa shape index (κ3) is 6.85. The van der Waals surface area contributed by atoms with Crippen LogP contribution in [-0.2, 0) is 4.74 Å². The lowest BCUT2D eigenvalue weighted by atomic mass is 10.2. The van der Waals surface area contributed by atoms with Crippen molar-refractivity contribution in [3.8, 4) is 0 Å². The molecule has 0 spiro atoms. The first-order valence-electron chi connectivity index (χ1n) is 7.80. The van der Waals surface area contributed by atoms with E-state index in [2.05, 4.69) is 15.3 Å². The standard InChI is InChI=1S/C16H28N4O2/c1-6-10-20(15(21)22-16(3,4)5)11-9-18-13(2)14-12-17-7-8-19-14/h7-8,12-13,18H,6,9-11H2,1-5H3. The van der Waals surface area contributed by atoms with E-state index in [4.69, 9.17) is 4.74 Å². The second-order valence-electron chi connectivity index (χ2n) is 6.27. The number of ether oxygens (including phenoxy) is 1. The molecule has 6 nitrogen and oxygen atoms in total. The lowest BCUT2D eigenvalue weighted by Gasteiger charge is -2.27. The summed E-state index contributed by atoms with van der Waals surface area (Å²) in [4.78, 5) is 22.2.